The molecule has 7 heteroatoms. The molecular formula is C14H16FN3O2S. The van der Waals surface area contributed by atoms with Crippen molar-refractivity contribution < 1.29 is 12.8 Å². The van der Waals surface area contributed by atoms with Crippen LogP contribution >= 0.6 is 0 Å². The van der Waals surface area contributed by atoms with Gasteiger partial charge in [0.25, 0.3) is 0 Å². The van der Waals surface area contributed by atoms with Gasteiger partial charge in [-0.1, -0.05) is 12.1 Å². The Labute approximate surface area is 122 Å². The minimum atomic E-state index is -3.79. The monoisotopic (exact) mass is 309 g/mol. The summed E-state index contributed by atoms with van der Waals surface area (Å²) in [4.78, 5) is 7.13. The minimum absolute atomic E-state index is 0.0280. The van der Waals surface area contributed by atoms with Gasteiger partial charge in [-0.15, -0.1) is 0 Å². The van der Waals surface area contributed by atoms with Gasteiger partial charge in [-0.05, 0) is 25.5 Å². The van der Waals surface area contributed by atoms with Crippen LogP contribution in [0.5, 0.6) is 0 Å². The molecule has 0 saturated carbocycles. The fraction of sp³-hybridized carbons (Fsp3) is 0.357. The van der Waals surface area contributed by atoms with Gasteiger partial charge < -0.3 is 4.98 Å². The first kappa shape index (κ1) is 14.2. The number of nitrogens with one attached hydrogen (secondary N) is 1. The third-order valence-electron chi connectivity index (χ3n) is 3.71. The van der Waals surface area contributed by atoms with E-state index in [1.807, 2.05) is 6.92 Å². The van der Waals surface area contributed by atoms with Crippen LogP contribution < -0.4 is 0 Å². The van der Waals surface area contributed by atoms with Crippen molar-refractivity contribution in [3.05, 3.63) is 47.8 Å². The first-order valence-corrected chi connectivity index (χ1v) is 8.18. The van der Waals surface area contributed by atoms with Crippen LogP contribution in [-0.4, -0.2) is 35.8 Å². The second-order valence-electron chi connectivity index (χ2n) is 5.23. The zero-order valence-electron chi connectivity index (χ0n) is 11.6. The Morgan fingerprint density at radius 3 is 2.81 bits per heavy atom. The molecule has 5 nitrogen and oxygen atoms in total. The Balaban J connectivity index is 1.84. The summed E-state index contributed by atoms with van der Waals surface area (Å²) >= 11 is 0. The fourth-order valence-electron chi connectivity index (χ4n) is 2.60. The molecule has 1 atom stereocenters. The third kappa shape index (κ3) is 2.58. The van der Waals surface area contributed by atoms with Gasteiger partial charge in [-0.3, -0.25) is 0 Å². The molecule has 1 fully saturated rings. The maximum atomic E-state index is 13.7. The fourth-order valence-corrected chi connectivity index (χ4v) is 4.17. The van der Waals surface area contributed by atoms with E-state index in [2.05, 4.69) is 9.97 Å². The highest BCUT2D eigenvalue weighted by Crippen LogP contribution is 2.30. The van der Waals surface area contributed by atoms with Gasteiger partial charge in [-0.2, -0.15) is 4.31 Å². The van der Waals surface area contributed by atoms with Gasteiger partial charge in [0.2, 0.25) is 10.0 Å². The molecule has 1 aromatic heterocycles. The number of aryl methyl sites for hydroxylation is 1. The molecule has 2 aromatic rings. The Bertz CT molecular complexity index is 757. The molecule has 1 saturated heterocycles. The Kier molecular flexibility index (Phi) is 3.54. The molecule has 112 valence electrons. The van der Waals surface area contributed by atoms with Crippen LogP contribution in [0.4, 0.5) is 4.39 Å². The third-order valence-corrected chi connectivity index (χ3v) is 5.61. The second-order valence-corrected chi connectivity index (χ2v) is 7.14. The van der Waals surface area contributed by atoms with Crippen LogP contribution in [0.1, 0.15) is 23.9 Å². The van der Waals surface area contributed by atoms with Crippen LogP contribution in [0, 0.1) is 12.7 Å². The zero-order valence-corrected chi connectivity index (χ0v) is 12.4. The molecule has 1 unspecified atom stereocenters. The van der Waals surface area contributed by atoms with Crippen molar-refractivity contribution in [2.24, 2.45) is 0 Å². The van der Waals surface area contributed by atoms with E-state index in [1.54, 1.807) is 6.20 Å². The van der Waals surface area contributed by atoms with Gasteiger partial charge in [0, 0.05) is 30.9 Å². The molecule has 21 heavy (non-hydrogen) atoms. The molecule has 0 bridgehead atoms. The Morgan fingerprint density at radius 2 is 2.14 bits per heavy atom. The van der Waals surface area contributed by atoms with Gasteiger partial charge in [0.05, 0.1) is 0 Å². The van der Waals surface area contributed by atoms with Crippen molar-refractivity contribution in [1.82, 2.24) is 14.3 Å². The molecule has 0 aliphatic carbocycles. The topological polar surface area (TPSA) is 66.1 Å². The van der Waals surface area contributed by atoms with Crippen molar-refractivity contribution >= 4 is 10.0 Å². The number of nitrogens with zero attached hydrogens (tertiary/aromatic N) is 2. The highest BCUT2D eigenvalue weighted by Gasteiger charge is 2.35. The van der Waals surface area contributed by atoms with E-state index in [0.29, 0.717) is 19.5 Å². The number of imidazole rings is 1. The molecule has 1 aromatic carbocycles. The first-order valence-electron chi connectivity index (χ1n) is 6.74. The SMILES string of the molecule is Cc1cnc(C2CCN(S(=O)(=O)c3ccccc3F)C2)[nH]1. The number of hydrogen-bond donors (Lipinski definition) is 1. The molecule has 0 amide bonds. The number of sulfonamides is 1. The molecule has 2 heterocycles. The summed E-state index contributed by atoms with van der Waals surface area (Å²) in [6.07, 6.45) is 2.41. The molecule has 1 aliphatic heterocycles. The van der Waals surface area contributed by atoms with E-state index in [0.717, 1.165) is 17.6 Å². The number of benzene rings is 1. The molecule has 1 N–H and O–H groups in total. The van der Waals surface area contributed by atoms with Crippen LogP contribution in [0.3, 0.4) is 0 Å². The highest BCUT2D eigenvalue weighted by atomic mass is 32.2. The van der Waals surface area contributed by atoms with Gasteiger partial charge in [-0.25, -0.2) is 17.8 Å². The predicted molar refractivity (Wildman–Crippen MR) is 75.8 cm³/mol. The summed E-state index contributed by atoms with van der Waals surface area (Å²) in [5.74, 6) is 0.105. The standard InChI is InChI=1S/C14H16FN3O2S/c1-10-8-16-14(17-10)11-6-7-18(9-11)21(19,20)13-5-3-2-4-12(13)15/h2-5,8,11H,6-7,9H2,1H3,(H,16,17). The summed E-state index contributed by atoms with van der Waals surface area (Å²) in [6, 6.07) is 5.47. The Morgan fingerprint density at radius 1 is 1.38 bits per heavy atom. The average molecular weight is 309 g/mol. The second kappa shape index (κ2) is 5.23. The summed E-state index contributed by atoms with van der Waals surface area (Å²) < 4.78 is 40.1. The van der Waals surface area contributed by atoms with Crippen molar-refractivity contribution in [3.8, 4) is 0 Å². The summed E-state index contributed by atoms with van der Waals surface area (Å²) in [5, 5.41) is 0. The number of halogens is 1. The molecule has 0 spiro atoms. The first-order chi connectivity index (χ1) is 9.98. The summed E-state index contributed by atoms with van der Waals surface area (Å²) in [6.45, 7) is 2.60. The lowest BCUT2D eigenvalue weighted by atomic mass is 10.1. The van der Waals surface area contributed by atoms with Crippen molar-refractivity contribution in [2.75, 3.05) is 13.1 Å². The lowest BCUT2D eigenvalue weighted by Crippen LogP contribution is -2.29. The minimum Gasteiger partial charge on any atom is -0.346 e. The van der Waals surface area contributed by atoms with Crippen LogP contribution in [0.25, 0.3) is 0 Å². The molecule has 3 rings (SSSR count). The normalized spacial score (nSPS) is 20.0. The number of aromatic amines is 1. The smallest absolute Gasteiger partial charge is 0.246 e. The quantitative estimate of drug-likeness (QED) is 0.943. The van der Waals surface area contributed by atoms with E-state index in [9.17, 15) is 12.8 Å². The summed E-state index contributed by atoms with van der Waals surface area (Å²) in [7, 11) is -3.79. The van der Waals surface area contributed by atoms with E-state index in [1.165, 1.54) is 22.5 Å². The van der Waals surface area contributed by atoms with Crippen LogP contribution in [0.15, 0.2) is 35.4 Å². The van der Waals surface area contributed by atoms with E-state index in [4.69, 9.17) is 0 Å². The molecule has 1 aliphatic rings. The van der Waals surface area contributed by atoms with Crippen LogP contribution in [0.2, 0.25) is 0 Å². The van der Waals surface area contributed by atoms with E-state index in [-0.39, 0.29) is 10.8 Å². The van der Waals surface area contributed by atoms with E-state index < -0.39 is 15.8 Å². The molecule has 0 radical (unpaired) electrons. The lowest BCUT2D eigenvalue weighted by Gasteiger charge is -2.16. The number of rotatable bonds is 3. The molecular weight excluding hydrogens is 293 g/mol. The predicted octanol–water partition coefficient (Wildman–Crippen LogP) is 2.04. The van der Waals surface area contributed by atoms with Gasteiger partial charge in [0.15, 0.2) is 0 Å². The largest absolute Gasteiger partial charge is 0.346 e. The van der Waals surface area contributed by atoms with Crippen molar-refractivity contribution in [2.45, 2.75) is 24.2 Å². The highest BCUT2D eigenvalue weighted by molar-refractivity contribution is 7.89. The number of hydrogen-bond acceptors (Lipinski definition) is 3. The van der Waals surface area contributed by atoms with E-state index >= 15 is 0 Å². The number of aromatic nitrogens is 2. The zero-order chi connectivity index (χ0) is 15.0. The van der Waals surface area contributed by atoms with Crippen molar-refractivity contribution in [1.29, 1.82) is 0 Å². The number of H-pyrrole nitrogens is 1. The average Bonchev–Trinajstić information content (AvgIpc) is 3.07. The lowest BCUT2D eigenvalue weighted by molar-refractivity contribution is 0.464. The maximum Gasteiger partial charge on any atom is 0.246 e. The Hall–Kier alpha value is -1.73. The summed E-state index contributed by atoms with van der Waals surface area (Å²) in [5.41, 5.74) is 0.945. The maximum absolute atomic E-state index is 13.7. The van der Waals surface area contributed by atoms with Gasteiger partial charge in [0.1, 0.15) is 16.5 Å². The van der Waals surface area contributed by atoms with Gasteiger partial charge >= 0.3 is 0 Å². The van der Waals surface area contributed by atoms with Crippen LogP contribution in [-0.2, 0) is 10.0 Å². The van der Waals surface area contributed by atoms with Crippen molar-refractivity contribution in [3.63, 3.8) is 0 Å².